The number of thioether (sulfide) groups is 1. The Morgan fingerprint density at radius 3 is 2.68 bits per heavy atom. The molecule has 1 atom stereocenters. The van der Waals surface area contributed by atoms with Crippen molar-refractivity contribution in [3.63, 3.8) is 0 Å². The summed E-state index contributed by atoms with van der Waals surface area (Å²) < 4.78 is 11.2. The van der Waals surface area contributed by atoms with Crippen molar-refractivity contribution in [2.24, 2.45) is 0 Å². The molecule has 0 aliphatic heterocycles. The smallest absolute Gasteiger partial charge is 0.338 e. The summed E-state index contributed by atoms with van der Waals surface area (Å²) in [6.07, 6.45) is -0.652. The van der Waals surface area contributed by atoms with Gasteiger partial charge in [0.15, 0.2) is 6.10 Å². The van der Waals surface area contributed by atoms with E-state index in [1.54, 1.807) is 42.2 Å². The van der Waals surface area contributed by atoms with Crippen LogP contribution in [0.3, 0.4) is 0 Å². The number of aryl methyl sites for hydroxylation is 2. The first-order valence-electron chi connectivity index (χ1n) is 9.73. The molecule has 8 heteroatoms. The zero-order valence-electron chi connectivity index (χ0n) is 17.4. The zero-order chi connectivity index (χ0) is 21.8. The van der Waals surface area contributed by atoms with Gasteiger partial charge in [0.25, 0.3) is 5.89 Å². The molecule has 6 nitrogen and oxygen atoms in total. The van der Waals surface area contributed by atoms with Crippen molar-refractivity contribution in [2.75, 3.05) is 0 Å². The number of rotatable bonds is 7. The number of aromatic nitrogens is 3. The lowest BCUT2D eigenvalue weighted by Gasteiger charge is -2.09. The molecule has 0 aliphatic rings. The first kappa shape index (κ1) is 21.3. The Labute approximate surface area is 188 Å². The van der Waals surface area contributed by atoms with Gasteiger partial charge >= 0.3 is 5.97 Å². The van der Waals surface area contributed by atoms with E-state index < -0.39 is 12.1 Å². The van der Waals surface area contributed by atoms with Crippen LogP contribution in [0.1, 0.15) is 45.5 Å². The highest BCUT2D eigenvalue weighted by Crippen LogP contribution is 2.26. The second kappa shape index (κ2) is 9.45. The highest BCUT2D eigenvalue weighted by Gasteiger charge is 2.20. The van der Waals surface area contributed by atoms with E-state index in [1.807, 2.05) is 50.2 Å². The monoisotopic (exact) mass is 451 g/mol. The number of hydrogen-bond acceptors (Lipinski definition) is 8. The molecule has 2 aromatic carbocycles. The van der Waals surface area contributed by atoms with Crippen LogP contribution in [-0.4, -0.2) is 21.2 Å². The quantitative estimate of drug-likeness (QED) is 0.251. The lowest BCUT2D eigenvalue weighted by atomic mass is 10.1. The maximum atomic E-state index is 12.5. The third-order valence-corrected chi connectivity index (χ3v) is 6.35. The van der Waals surface area contributed by atoms with Gasteiger partial charge in [-0.3, -0.25) is 0 Å². The van der Waals surface area contributed by atoms with E-state index in [9.17, 15) is 4.79 Å². The molecule has 4 aromatic rings. The van der Waals surface area contributed by atoms with E-state index in [-0.39, 0.29) is 5.89 Å². The Hall–Kier alpha value is -2.97. The second-order valence-electron chi connectivity index (χ2n) is 7.03. The van der Waals surface area contributed by atoms with Crippen molar-refractivity contribution in [1.29, 1.82) is 0 Å². The van der Waals surface area contributed by atoms with Crippen LogP contribution in [0.2, 0.25) is 0 Å². The predicted molar refractivity (Wildman–Crippen MR) is 121 cm³/mol. The lowest BCUT2D eigenvalue weighted by Crippen LogP contribution is -2.09. The fraction of sp³-hybridized carbons (Fsp3) is 0.217. The molecule has 158 valence electrons. The van der Waals surface area contributed by atoms with Crippen LogP contribution >= 0.6 is 23.1 Å². The highest BCUT2D eigenvalue weighted by molar-refractivity contribution is 7.98. The molecule has 0 bridgehead atoms. The normalized spacial score (nSPS) is 12.0. The van der Waals surface area contributed by atoms with Gasteiger partial charge < -0.3 is 9.15 Å². The van der Waals surface area contributed by atoms with Crippen LogP contribution in [-0.2, 0) is 10.5 Å². The fourth-order valence-corrected chi connectivity index (χ4v) is 4.40. The number of benzene rings is 2. The number of ether oxygens (including phenoxy) is 1. The topological polar surface area (TPSA) is 78.1 Å². The minimum atomic E-state index is -0.652. The van der Waals surface area contributed by atoms with E-state index >= 15 is 0 Å². The van der Waals surface area contributed by atoms with Gasteiger partial charge in [0.05, 0.1) is 16.3 Å². The predicted octanol–water partition coefficient (Wildman–Crippen LogP) is 6.02. The molecule has 2 aromatic heterocycles. The van der Waals surface area contributed by atoms with E-state index in [0.29, 0.717) is 11.5 Å². The lowest BCUT2D eigenvalue weighted by molar-refractivity contribution is 0.0280. The minimum absolute atomic E-state index is 0.260. The number of nitrogens with zero attached hydrogens (tertiary/aromatic N) is 3. The van der Waals surface area contributed by atoms with E-state index in [2.05, 4.69) is 20.6 Å². The summed E-state index contributed by atoms with van der Waals surface area (Å²) in [5, 5.41) is 11.2. The van der Waals surface area contributed by atoms with Crippen molar-refractivity contribution in [2.45, 2.75) is 37.5 Å². The van der Waals surface area contributed by atoms with Crippen LogP contribution in [0.15, 0.2) is 63.2 Å². The van der Waals surface area contributed by atoms with Gasteiger partial charge in [-0.2, -0.15) is 0 Å². The Morgan fingerprint density at radius 2 is 1.97 bits per heavy atom. The summed E-state index contributed by atoms with van der Waals surface area (Å²) in [7, 11) is 0. The molecule has 0 amide bonds. The van der Waals surface area contributed by atoms with Crippen molar-refractivity contribution in [3.8, 4) is 11.5 Å². The van der Waals surface area contributed by atoms with E-state index in [4.69, 9.17) is 9.15 Å². The van der Waals surface area contributed by atoms with Crippen LogP contribution in [0.5, 0.6) is 0 Å². The van der Waals surface area contributed by atoms with Gasteiger partial charge in [-0.25, -0.2) is 9.78 Å². The van der Waals surface area contributed by atoms with Crippen molar-refractivity contribution < 1.29 is 13.9 Å². The zero-order valence-corrected chi connectivity index (χ0v) is 19.0. The highest BCUT2D eigenvalue weighted by atomic mass is 32.2. The maximum Gasteiger partial charge on any atom is 0.338 e. The first-order chi connectivity index (χ1) is 15.0. The minimum Gasteiger partial charge on any atom is -0.449 e. The number of carbonyl (C=O) groups excluding carboxylic acids is 1. The van der Waals surface area contributed by atoms with Gasteiger partial charge in [-0.1, -0.05) is 17.7 Å². The molecule has 4 rings (SSSR count). The fourth-order valence-electron chi connectivity index (χ4n) is 2.89. The number of hydrogen-bond donors (Lipinski definition) is 0. The molecule has 0 aliphatic carbocycles. The van der Waals surface area contributed by atoms with Crippen molar-refractivity contribution in [3.05, 3.63) is 81.6 Å². The first-order valence-corrected chi connectivity index (χ1v) is 11.6. The summed E-state index contributed by atoms with van der Waals surface area (Å²) in [5.41, 5.74) is 3.46. The molecule has 0 saturated heterocycles. The summed E-state index contributed by atoms with van der Waals surface area (Å²) >= 11 is 3.33. The average Bonchev–Trinajstić information content (AvgIpc) is 3.42. The molecule has 0 radical (unpaired) electrons. The molecule has 1 unspecified atom stereocenters. The summed E-state index contributed by atoms with van der Waals surface area (Å²) in [6.45, 7) is 5.71. The van der Waals surface area contributed by atoms with Crippen LogP contribution in [0, 0.1) is 13.8 Å². The van der Waals surface area contributed by atoms with Gasteiger partial charge in [0.2, 0.25) is 5.89 Å². The number of esters is 1. The Bertz CT molecular complexity index is 1180. The van der Waals surface area contributed by atoms with Crippen LogP contribution in [0.4, 0.5) is 0 Å². The standard InChI is InChI=1S/C23H21N3O3S2/c1-14-5-4-6-18(11-14)22-26-25-21(29-22)15(2)28-23(27)17-7-9-20(10-8-17)31-13-19-12-30-16(3)24-19/h4-12,15H,13H2,1-3H3. The Morgan fingerprint density at radius 1 is 1.16 bits per heavy atom. The van der Waals surface area contributed by atoms with Crippen molar-refractivity contribution in [1.82, 2.24) is 15.2 Å². The summed E-state index contributed by atoms with van der Waals surface area (Å²) in [5.74, 6) is 1.02. The van der Waals surface area contributed by atoms with E-state index in [1.165, 1.54) is 0 Å². The molecule has 0 fully saturated rings. The Balaban J connectivity index is 1.35. The largest absolute Gasteiger partial charge is 0.449 e. The molecule has 31 heavy (non-hydrogen) atoms. The van der Waals surface area contributed by atoms with Gasteiger partial charge in [0.1, 0.15) is 0 Å². The second-order valence-corrected chi connectivity index (χ2v) is 9.14. The third kappa shape index (κ3) is 5.39. The van der Waals surface area contributed by atoms with Gasteiger partial charge in [-0.05, 0) is 57.2 Å². The molecule has 0 spiro atoms. The van der Waals surface area contributed by atoms with Crippen LogP contribution in [0.25, 0.3) is 11.5 Å². The number of thiazole rings is 1. The SMILES string of the molecule is Cc1cccc(-c2nnc(C(C)OC(=O)c3ccc(SCc4csc(C)n4)cc3)o2)c1. The maximum absolute atomic E-state index is 12.5. The molecular weight excluding hydrogens is 430 g/mol. The van der Waals surface area contributed by atoms with E-state index in [0.717, 1.165) is 32.5 Å². The summed E-state index contributed by atoms with van der Waals surface area (Å²) in [4.78, 5) is 18.0. The molecule has 0 N–H and O–H groups in total. The Kier molecular flexibility index (Phi) is 6.48. The third-order valence-electron chi connectivity index (χ3n) is 4.48. The van der Waals surface area contributed by atoms with Crippen LogP contribution < -0.4 is 0 Å². The molecule has 0 saturated carbocycles. The average molecular weight is 452 g/mol. The van der Waals surface area contributed by atoms with Gasteiger partial charge in [0, 0.05) is 21.6 Å². The van der Waals surface area contributed by atoms with Crippen molar-refractivity contribution >= 4 is 29.1 Å². The number of carbonyl (C=O) groups is 1. The molecule has 2 heterocycles. The molecular formula is C23H21N3O3S2. The van der Waals surface area contributed by atoms with Gasteiger partial charge in [-0.15, -0.1) is 33.3 Å². The summed E-state index contributed by atoms with van der Waals surface area (Å²) in [6, 6.07) is 15.1.